The molecule has 2 aliphatic rings. The van der Waals surface area contributed by atoms with E-state index >= 15 is 8.78 Å². The molecular weight excluding hydrogens is 676 g/mol. The first-order chi connectivity index (χ1) is 25.2. The van der Waals surface area contributed by atoms with Gasteiger partial charge in [0.2, 0.25) is 0 Å². The molecule has 0 spiro atoms. The molecule has 0 radical (unpaired) electrons. The fourth-order valence-electron chi connectivity index (χ4n) is 6.29. The second-order valence-electron chi connectivity index (χ2n) is 11.7. The maximum Gasteiger partial charge on any atom is 0.196 e. The Labute approximate surface area is 296 Å². The van der Waals surface area contributed by atoms with Crippen molar-refractivity contribution in [1.82, 2.24) is 5.32 Å². The summed E-state index contributed by atoms with van der Waals surface area (Å²) >= 11 is 0. The summed E-state index contributed by atoms with van der Waals surface area (Å²) in [6, 6.07) is 28.9. The number of benzene rings is 5. The Kier molecular flexibility index (Phi) is 8.97. The first-order valence-corrected chi connectivity index (χ1v) is 15.9. The van der Waals surface area contributed by atoms with Gasteiger partial charge in [0.05, 0.1) is 45.4 Å². The highest BCUT2D eigenvalue weighted by molar-refractivity contribution is 6.55. The first kappa shape index (κ1) is 34.0. The van der Waals surface area contributed by atoms with E-state index in [0.717, 1.165) is 0 Å². The molecule has 5 aromatic carbocycles. The van der Waals surface area contributed by atoms with Crippen LogP contribution >= 0.6 is 0 Å². The fourth-order valence-corrected chi connectivity index (χ4v) is 6.29. The standard InChI is InChI=1S/C40H30F4N4O4/c1-49-26-13-5-9-22(17-26)35-36(32-30(41)21-31(42)33(43)34(32)44)46-38(45-35)39-47-37(23-10-6-14-27(18-23)50-2)40(48-39,24-11-7-15-28(19-24)51-3)25-12-8-16-29(20-25)52-4/h5-21,48H,1-4H3. The number of ether oxygens (including phenoxy) is 4. The van der Waals surface area contributed by atoms with Crippen molar-refractivity contribution in [2.75, 3.05) is 28.4 Å². The molecule has 12 heteroatoms. The second kappa shape index (κ2) is 13.7. The smallest absolute Gasteiger partial charge is 0.196 e. The maximum atomic E-state index is 15.5. The van der Waals surface area contributed by atoms with E-state index in [4.69, 9.17) is 28.9 Å². The SMILES string of the molecule is COc1cccc(C2=NC(=C3N=C(c4cccc(OC)c4)C(c4cccc(OC)c4)(c4cccc(OC)c4)N3)N=C2c2c(F)cc(F)c(F)c2F)c1. The van der Waals surface area contributed by atoms with Gasteiger partial charge in [-0.15, -0.1) is 0 Å². The summed E-state index contributed by atoms with van der Waals surface area (Å²) in [5.74, 6) is -4.49. The summed E-state index contributed by atoms with van der Waals surface area (Å²) in [5.41, 5.74) is 0.350. The van der Waals surface area contributed by atoms with Crippen LogP contribution in [0.3, 0.4) is 0 Å². The molecule has 2 heterocycles. The van der Waals surface area contributed by atoms with Crippen molar-refractivity contribution in [2.45, 2.75) is 5.54 Å². The first-order valence-electron chi connectivity index (χ1n) is 15.9. The van der Waals surface area contributed by atoms with Gasteiger partial charge in [-0.05, 0) is 59.7 Å². The van der Waals surface area contributed by atoms with E-state index in [1.807, 2.05) is 66.7 Å². The molecule has 2 aliphatic heterocycles. The third-order valence-electron chi connectivity index (χ3n) is 8.80. The predicted molar refractivity (Wildman–Crippen MR) is 189 cm³/mol. The third-order valence-corrected chi connectivity index (χ3v) is 8.80. The van der Waals surface area contributed by atoms with Crippen LogP contribution in [0.4, 0.5) is 17.6 Å². The van der Waals surface area contributed by atoms with Crippen LogP contribution < -0.4 is 24.3 Å². The van der Waals surface area contributed by atoms with Crippen molar-refractivity contribution in [2.24, 2.45) is 15.0 Å². The van der Waals surface area contributed by atoms with E-state index in [9.17, 15) is 8.78 Å². The highest BCUT2D eigenvalue weighted by Crippen LogP contribution is 2.43. The van der Waals surface area contributed by atoms with Crippen LogP contribution in [0.25, 0.3) is 0 Å². The Hall–Kier alpha value is -6.43. The molecule has 0 aliphatic carbocycles. The number of halogens is 4. The molecule has 0 saturated carbocycles. The van der Waals surface area contributed by atoms with E-state index in [-0.39, 0.29) is 29.1 Å². The van der Waals surface area contributed by atoms with Gasteiger partial charge >= 0.3 is 0 Å². The number of aliphatic imine (C=N–C) groups is 3. The van der Waals surface area contributed by atoms with Gasteiger partial charge in [-0.25, -0.2) is 32.5 Å². The average Bonchev–Trinajstić information content (AvgIpc) is 3.81. The molecule has 1 N–H and O–H groups in total. The zero-order valence-electron chi connectivity index (χ0n) is 28.3. The lowest BCUT2D eigenvalue weighted by Crippen LogP contribution is -2.45. The van der Waals surface area contributed by atoms with Gasteiger partial charge < -0.3 is 24.3 Å². The molecule has 0 saturated heterocycles. The maximum absolute atomic E-state index is 15.5. The van der Waals surface area contributed by atoms with E-state index in [1.165, 1.54) is 7.11 Å². The lowest BCUT2D eigenvalue weighted by atomic mass is 9.77. The molecule has 8 nitrogen and oxygen atoms in total. The van der Waals surface area contributed by atoms with Gasteiger partial charge in [0, 0.05) is 17.2 Å². The lowest BCUT2D eigenvalue weighted by molar-refractivity contribution is 0.411. The zero-order chi connectivity index (χ0) is 36.6. The number of nitrogens with one attached hydrogen (secondary N) is 1. The van der Waals surface area contributed by atoms with Crippen LogP contribution in [0.2, 0.25) is 0 Å². The molecule has 52 heavy (non-hydrogen) atoms. The van der Waals surface area contributed by atoms with Crippen LogP contribution in [0.15, 0.2) is 130 Å². The van der Waals surface area contributed by atoms with Crippen molar-refractivity contribution in [3.8, 4) is 23.0 Å². The summed E-state index contributed by atoms with van der Waals surface area (Å²) in [5, 5.41) is 3.55. The number of methoxy groups -OCH3 is 4. The third kappa shape index (κ3) is 5.81. The summed E-state index contributed by atoms with van der Waals surface area (Å²) in [6.45, 7) is 0. The van der Waals surface area contributed by atoms with Crippen molar-refractivity contribution in [3.63, 3.8) is 0 Å². The van der Waals surface area contributed by atoms with E-state index in [2.05, 4.69) is 10.3 Å². The summed E-state index contributed by atoms with van der Waals surface area (Å²) < 4.78 is 81.9. The van der Waals surface area contributed by atoms with Gasteiger partial charge in [-0.3, -0.25) is 0 Å². The zero-order valence-corrected chi connectivity index (χ0v) is 28.3. The number of nitrogens with zero attached hydrogens (tertiary/aromatic N) is 3. The Balaban J connectivity index is 1.55. The summed E-state index contributed by atoms with van der Waals surface area (Å²) in [7, 11) is 6.13. The van der Waals surface area contributed by atoms with Gasteiger partial charge in [0.25, 0.3) is 0 Å². The van der Waals surface area contributed by atoms with E-state index in [1.54, 1.807) is 51.7 Å². The molecule has 0 amide bonds. The van der Waals surface area contributed by atoms with Crippen molar-refractivity contribution in [3.05, 3.63) is 166 Å². The average molecular weight is 707 g/mol. The van der Waals surface area contributed by atoms with Crippen LogP contribution in [0.5, 0.6) is 23.0 Å². The molecule has 7 rings (SSSR count). The van der Waals surface area contributed by atoms with Gasteiger partial charge in [-0.2, -0.15) is 0 Å². The molecule has 262 valence electrons. The molecule has 0 fully saturated rings. The topological polar surface area (TPSA) is 86.0 Å². The molecule has 0 atom stereocenters. The van der Waals surface area contributed by atoms with Crippen molar-refractivity contribution in [1.29, 1.82) is 0 Å². The lowest BCUT2D eigenvalue weighted by Gasteiger charge is -2.33. The van der Waals surface area contributed by atoms with Gasteiger partial charge in [0.15, 0.2) is 29.1 Å². The minimum atomic E-state index is -1.85. The van der Waals surface area contributed by atoms with Crippen molar-refractivity contribution >= 4 is 17.1 Å². The highest BCUT2D eigenvalue weighted by atomic mass is 19.2. The van der Waals surface area contributed by atoms with Gasteiger partial charge in [0.1, 0.15) is 40.1 Å². The second-order valence-corrected chi connectivity index (χ2v) is 11.7. The fraction of sp³-hybridized carbons (Fsp3) is 0.125. The van der Waals surface area contributed by atoms with E-state index in [0.29, 0.717) is 51.0 Å². The van der Waals surface area contributed by atoms with Crippen LogP contribution in [-0.2, 0) is 5.54 Å². The molecule has 5 aromatic rings. The Morgan fingerprint density at radius 3 is 1.60 bits per heavy atom. The quantitative estimate of drug-likeness (QED) is 0.0964. The van der Waals surface area contributed by atoms with Crippen LogP contribution in [0, 0.1) is 23.3 Å². The highest BCUT2D eigenvalue weighted by Gasteiger charge is 2.47. The molecule has 0 unspecified atom stereocenters. The van der Waals surface area contributed by atoms with Crippen LogP contribution in [-0.4, -0.2) is 45.6 Å². The van der Waals surface area contributed by atoms with E-state index < -0.39 is 34.4 Å². The predicted octanol–water partition coefficient (Wildman–Crippen LogP) is 7.73. The number of hydrogen-bond donors (Lipinski definition) is 1. The van der Waals surface area contributed by atoms with Crippen molar-refractivity contribution < 1.29 is 36.5 Å². The van der Waals surface area contributed by atoms with Crippen LogP contribution in [0.1, 0.15) is 27.8 Å². The monoisotopic (exact) mass is 706 g/mol. The Morgan fingerprint density at radius 1 is 0.519 bits per heavy atom. The number of hydrogen-bond acceptors (Lipinski definition) is 8. The Morgan fingerprint density at radius 2 is 1.02 bits per heavy atom. The molecule has 0 bridgehead atoms. The molecular formula is C40H30F4N4O4. The minimum Gasteiger partial charge on any atom is -0.497 e. The largest absolute Gasteiger partial charge is 0.497 e. The molecule has 0 aromatic heterocycles. The summed E-state index contributed by atoms with van der Waals surface area (Å²) in [4.78, 5) is 14.4. The Bertz CT molecular complexity index is 2310. The number of rotatable bonds is 9. The van der Waals surface area contributed by atoms with Gasteiger partial charge in [-0.1, -0.05) is 48.5 Å². The minimum absolute atomic E-state index is 0.0228. The summed E-state index contributed by atoms with van der Waals surface area (Å²) in [6.07, 6.45) is 0. The normalized spacial score (nSPS) is 16.1.